The number of benzene rings is 1. The molecule has 0 aliphatic rings. The molecule has 25 heavy (non-hydrogen) atoms. The van der Waals surface area contributed by atoms with Crippen LogP contribution in [0.25, 0.3) is 11.0 Å². The second kappa shape index (κ2) is 10.0. The molecule has 0 amide bonds. The molecule has 1 heterocycles. The number of guanidine groups is 1. The molecule has 0 radical (unpaired) electrons. The van der Waals surface area contributed by atoms with E-state index in [-0.39, 0.29) is 0 Å². The third-order valence-corrected chi connectivity index (χ3v) is 3.98. The van der Waals surface area contributed by atoms with Gasteiger partial charge in [-0.1, -0.05) is 12.1 Å². The van der Waals surface area contributed by atoms with E-state index < -0.39 is 0 Å². The Morgan fingerprint density at radius 2 is 1.92 bits per heavy atom. The largest absolute Gasteiger partial charge is 0.379 e. The number of aryl methyl sites for hydroxylation is 2. The van der Waals surface area contributed by atoms with E-state index in [4.69, 9.17) is 4.74 Å². The highest BCUT2D eigenvalue weighted by Crippen LogP contribution is 2.15. The first-order chi connectivity index (χ1) is 12.1. The minimum Gasteiger partial charge on any atom is -0.379 e. The Morgan fingerprint density at radius 3 is 2.64 bits per heavy atom. The van der Waals surface area contributed by atoms with E-state index in [9.17, 15) is 0 Å². The van der Waals surface area contributed by atoms with E-state index in [1.54, 1.807) is 7.05 Å². The molecule has 1 aromatic carbocycles. The summed E-state index contributed by atoms with van der Waals surface area (Å²) < 4.78 is 7.81. The minimum absolute atomic E-state index is 0.292. The van der Waals surface area contributed by atoms with Crippen LogP contribution in [0.2, 0.25) is 0 Å². The van der Waals surface area contributed by atoms with Gasteiger partial charge in [0.1, 0.15) is 5.82 Å². The molecule has 2 N–H and O–H groups in total. The first-order valence-electron chi connectivity index (χ1n) is 9.10. The standard InChI is InChI=1S/C19H31N5O/c1-15(2)25-14-8-12-22-19(20-4)21-11-7-13-24-16(3)23-17-9-5-6-10-18(17)24/h5-6,9-10,15H,7-8,11-14H2,1-4H3,(H2,20,21,22). The third kappa shape index (κ3) is 6.05. The van der Waals surface area contributed by atoms with E-state index >= 15 is 0 Å². The lowest BCUT2D eigenvalue weighted by Gasteiger charge is -2.13. The molecule has 0 saturated heterocycles. The van der Waals surface area contributed by atoms with Crippen LogP contribution in [0.3, 0.4) is 0 Å². The van der Waals surface area contributed by atoms with Gasteiger partial charge in [-0.15, -0.1) is 0 Å². The maximum atomic E-state index is 5.53. The molecule has 0 atom stereocenters. The second-order valence-corrected chi connectivity index (χ2v) is 6.35. The molecule has 138 valence electrons. The number of aliphatic imine (C=N–C) groups is 1. The van der Waals surface area contributed by atoms with Crippen LogP contribution in [0.15, 0.2) is 29.3 Å². The average Bonchev–Trinajstić information content (AvgIpc) is 2.91. The summed E-state index contributed by atoms with van der Waals surface area (Å²) >= 11 is 0. The summed E-state index contributed by atoms with van der Waals surface area (Å²) in [6.45, 7) is 9.62. The number of imidazole rings is 1. The van der Waals surface area contributed by atoms with Crippen LogP contribution < -0.4 is 10.6 Å². The van der Waals surface area contributed by atoms with Crippen LogP contribution in [-0.2, 0) is 11.3 Å². The van der Waals surface area contributed by atoms with E-state index in [1.807, 2.05) is 6.07 Å². The summed E-state index contributed by atoms with van der Waals surface area (Å²) in [6.07, 6.45) is 2.28. The number of nitrogens with one attached hydrogen (secondary N) is 2. The first kappa shape index (κ1) is 19.2. The molecule has 0 unspecified atom stereocenters. The zero-order chi connectivity index (χ0) is 18.1. The lowest BCUT2D eigenvalue weighted by atomic mass is 10.3. The highest BCUT2D eigenvalue weighted by Gasteiger charge is 2.06. The zero-order valence-corrected chi connectivity index (χ0v) is 15.9. The number of hydrogen-bond donors (Lipinski definition) is 2. The molecule has 0 aliphatic heterocycles. The summed E-state index contributed by atoms with van der Waals surface area (Å²) in [7, 11) is 1.80. The fraction of sp³-hybridized carbons (Fsp3) is 0.579. The fourth-order valence-electron chi connectivity index (χ4n) is 2.74. The molecule has 0 aliphatic carbocycles. The van der Waals surface area contributed by atoms with Gasteiger partial charge in [-0.3, -0.25) is 4.99 Å². The Balaban J connectivity index is 1.69. The van der Waals surface area contributed by atoms with Gasteiger partial charge in [0.25, 0.3) is 0 Å². The Morgan fingerprint density at radius 1 is 1.20 bits per heavy atom. The van der Waals surface area contributed by atoms with Gasteiger partial charge in [0.05, 0.1) is 17.1 Å². The quantitative estimate of drug-likeness (QED) is 0.417. The molecule has 0 fully saturated rings. The SMILES string of the molecule is CN=C(NCCCOC(C)C)NCCCn1c(C)nc2ccccc21. The summed E-state index contributed by atoms with van der Waals surface area (Å²) in [4.78, 5) is 8.87. The van der Waals surface area contributed by atoms with Gasteiger partial charge in [0.2, 0.25) is 0 Å². The number of para-hydroxylation sites is 2. The molecule has 0 saturated carbocycles. The number of ether oxygens (including phenoxy) is 1. The lowest BCUT2D eigenvalue weighted by Crippen LogP contribution is -2.38. The topological polar surface area (TPSA) is 63.5 Å². The van der Waals surface area contributed by atoms with Crippen molar-refractivity contribution in [3.05, 3.63) is 30.1 Å². The lowest BCUT2D eigenvalue weighted by molar-refractivity contribution is 0.0776. The van der Waals surface area contributed by atoms with Gasteiger partial charge in [-0.2, -0.15) is 0 Å². The zero-order valence-electron chi connectivity index (χ0n) is 15.9. The average molecular weight is 345 g/mol. The molecule has 1 aromatic heterocycles. The van der Waals surface area contributed by atoms with Crippen LogP contribution in [-0.4, -0.2) is 48.4 Å². The van der Waals surface area contributed by atoms with Crippen LogP contribution in [0.1, 0.15) is 32.5 Å². The van der Waals surface area contributed by atoms with Crippen LogP contribution in [0, 0.1) is 6.92 Å². The van der Waals surface area contributed by atoms with Crippen molar-refractivity contribution in [3.8, 4) is 0 Å². The minimum atomic E-state index is 0.292. The van der Waals surface area contributed by atoms with E-state index in [2.05, 4.69) is 64.1 Å². The van der Waals surface area contributed by atoms with Gasteiger partial charge >= 0.3 is 0 Å². The second-order valence-electron chi connectivity index (χ2n) is 6.35. The Labute approximate surface area is 150 Å². The molecule has 2 rings (SSSR count). The van der Waals surface area contributed by atoms with Gasteiger partial charge < -0.3 is 19.9 Å². The molecule has 0 spiro atoms. The van der Waals surface area contributed by atoms with Gasteiger partial charge in [0.15, 0.2) is 5.96 Å². The Kier molecular flexibility index (Phi) is 7.73. The van der Waals surface area contributed by atoms with Gasteiger partial charge in [-0.05, 0) is 45.7 Å². The number of nitrogens with zero attached hydrogens (tertiary/aromatic N) is 3. The van der Waals surface area contributed by atoms with Crippen molar-refractivity contribution in [1.29, 1.82) is 0 Å². The predicted molar refractivity (Wildman–Crippen MR) is 104 cm³/mol. The van der Waals surface area contributed by atoms with E-state index in [0.717, 1.165) is 56.4 Å². The number of fused-ring (bicyclic) bond motifs is 1. The molecule has 2 aromatic rings. The van der Waals surface area contributed by atoms with Gasteiger partial charge in [0, 0.05) is 33.3 Å². The van der Waals surface area contributed by atoms with Crippen LogP contribution >= 0.6 is 0 Å². The van der Waals surface area contributed by atoms with Crippen molar-refractivity contribution in [2.45, 2.75) is 46.3 Å². The Bertz CT molecular complexity index is 678. The van der Waals surface area contributed by atoms with Crippen molar-refractivity contribution in [3.63, 3.8) is 0 Å². The van der Waals surface area contributed by atoms with Crippen LogP contribution in [0.5, 0.6) is 0 Å². The molecular formula is C19H31N5O. The molecular weight excluding hydrogens is 314 g/mol. The van der Waals surface area contributed by atoms with Crippen molar-refractivity contribution >= 4 is 17.0 Å². The number of hydrogen-bond acceptors (Lipinski definition) is 3. The summed E-state index contributed by atoms with van der Waals surface area (Å²) in [5.41, 5.74) is 2.27. The van der Waals surface area contributed by atoms with E-state index in [0.29, 0.717) is 6.10 Å². The molecule has 6 nitrogen and oxygen atoms in total. The number of aromatic nitrogens is 2. The normalized spacial score (nSPS) is 12.1. The van der Waals surface area contributed by atoms with E-state index in [1.165, 1.54) is 5.52 Å². The van der Waals surface area contributed by atoms with Crippen LogP contribution in [0.4, 0.5) is 0 Å². The maximum Gasteiger partial charge on any atom is 0.190 e. The maximum absolute atomic E-state index is 5.53. The van der Waals surface area contributed by atoms with Crippen molar-refractivity contribution in [2.75, 3.05) is 26.7 Å². The van der Waals surface area contributed by atoms with Crippen molar-refractivity contribution in [2.24, 2.45) is 4.99 Å². The predicted octanol–water partition coefficient (Wildman–Crippen LogP) is 2.71. The summed E-state index contributed by atoms with van der Waals surface area (Å²) in [5, 5.41) is 6.68. The Hall–Kier alpha value is -2.08. The monoisotopic (exact) mass is 345 g/mol. The first-order valence-corrected chi connectivity index (χ1v) is 9.10. The molecule has 6 heteroatoms. The third-order valence-electron chi connectivity index (χ3n) is 3.98. The summed E-state index contributed by atoms with van der Waals surface area (Å²) in [6, 6.07) is 8.28. The van der Waals surface area contributed by atoms with Gasteiger partial charge in [-0.25, -0.2) is 4.98 Å². The van der Waals surface area contributed by atoms with Crippen molar-refractivity contribution < 1.29 is 4.74 Å². The summed E-state index contributed by atoms with van der Waals surface area (Å²) in [5.74, 6) is 1.91. The number of rotatable bonds is 9. The van der Waals surface area contributed by atoms with Crippen molar-refractivity contribution in [1.82, 2.24) is 20.2 Å². The fourth-order valence-corrected chi connectivity index (χ4v) is 2.74. The smallest absolute Gasteiger partial charge is 0.190 e. The highest BCUT2D eigenvalue weighted by molar-refractivity contribution is 5.79. The molecule has 0 bridgehead atoms. The highest BCUT2D eigenvalue weighted by atomic mass is 16.5.